The summed E-state index contributed by atoms with van der Waals surface area (Å²) in [6.45, 7) is 3.21. The van der Waals surface area contributed by atoms with Gasteiger partial charge in [0.15, 0.2) is 0 Å². The molecule has 1 saturated carbocycles. The van der Waals surface area contributed by atoms with Gasteiger partial charge in [-0.1, -0.05) is 0 Å². The van der Waals surface area contributed by atoms with Crippen molar-refractivity contribution in [2.75, 3.05) is 19.6 Å². The highest BCUT2D eigenvalue weighted by atomic mass is 19.4. The molecule has 6 heteroatoms. The van der Waals surface area contributed by atoms with Gasteiger partial charge in [0.1, 0.15) is 12.0 Å². The molecule has 20 heavy (non-hydrogen) atoms. The maximum atomic E-state index is 12.6. The van der Waals surface area contributed by atoms with Crippen LogP contribution in [0.1, 0.15) is 37.0 Å². The van der Waals surface area contributed by atoms with Gasteiger partial charge in [0.2, 0.25) is 0 Å². The third kappa shape index (κ3) is 2.59. The average molecular weight is 288 g/mol. The number of halogens is 3. The van der Waals surface area contributed by atoms with Crippen molar-refractivity contribution in [2.45, 2.75) is 43.9 Å². The predicted molar refractivity (Wildman–Crippen MR) is 68.2 cm³/mol. The largest absolute Gasteiger partial charge is 0.467 e. The predicted octanol–water partition coefficient (Wildman–Crippen LogP) is 3.02. The Morgan fingerprint density at radius 2 is 2.05 bits per heavy atom. The molecule has 1 spiro atoms. The molecule has 0 atom stereocenters. The van der Waals surface area contributed by atoms with E-state index in [-0.39, 0.29) is 5.54 Å². The maximum Gasteiger partial charge on any atom is 0.419 e. The number of rotatable bonds is 2. The van der Waals surface area contributed by atoms with E-state index in [4.69, 9.17) is 4.42 Å². The third-order valence-electron chi connectivity index (χ3n) is 4.61. The number of alkyl halides is 3. The first-order valence-electron chi connectivity index (χ1n) is 7.10. The molecule has 3 nitrogen and oxygen atoms in total. The highest BCUT2D eigenvalue weighted by Crippen LogP contribution is 2.42. The van der Waals surface area contributed by atoms with E-state index in [9.17, 15) is 13.2 Å². The Balaban J connectivity index is 1.73. The van der Waals surface area contributed by atoms with Crippen LogP contribution in [0.25, 0.3) is 0 Å². The normalized spacial score (nSPS) is 23.6. The first kappa shape index (κ1) is 13.9. The molecule has 1 aliphatic carbocycles. The van der Waals surface area contributed by atoms with E-state index >= 15 is 0 Å². The van der Waals surface area contributed by atoms with Crippen molar-refractivity contribution in [1.29, 1.82) is 0 Å². The van der Waals surface area contributed by atoms with Gasteiger partial charge in [-0.3, -0.25) is 4.90 Å². The molecule has 0 unspecified atom stereocenters. The van der Waals surface area contributed by atoms with Gasteiger partial charge >= 0.3 is 6.18 Å². The van der Waals surface area contributed by atoms with E-state index in [0.717, 1.165) is 51.2 Å². The second kappa shape index (κ2) is 5.07. The Bertz CT molecular complexity index is 465. The van der Waals surface area contributed by atoms with E-state index in [2.05, 4.69) is 10.2 Å². The average Bonchev–Trinajstić information content (AvgIpc) is 2.68. The van der Waals surface area contributed by atoms with Crippen molar-refractivity contribution in [3.05, 3.63) is 23.7 Å². The Morgan fingerprint density at radius 3 is 2.65 bits per heavy atom. The monoisotopic (exact) mass is 288 g/mol. The molecule has 1 aromatic heterocycles. The first-order valence-corrected chi connectivity index (χ1v) is 7.10. The van der Waals surface area contributed by atoms with Gasteiger partial charge in [-0.15, -0.1) is 0 Å². The molecule has 1 saturated heterocycles. The molecule has 0 amide bonds. The zero-order chi connectivity index (χ0) is 14.2. The van der Waals surface area contributed by atoms with Crippen LogP contribution in [0.5, 0.6) is 0 Å². The van der Waals surface area contributed by atoms with E-state index in [0.29, 0.717) is 12.3 Å². The molecule has 0 aromatic carbocycles. The first-order chi connectivity index (χ1) is 9.50. The lowest BCUT2D eigenvalue weighted by Gasteiger charge is -2.49. The fourth-order valence-corrected chi connectivity index (χ4v) is 3.25. The standard InChI is InChI=1S/C14H19F3N2O/c15-14(16,17)11-8-12(20-10-11)9-19-7-6-18-5-4-13(19)2-1-3-13/h8,10,18H,1-7,9H2. The summed E-state index contributed by atoms with van der Waals surface area (Å²) in [5.74, 6) is 0.408. The summed E-state index contributed by atoms with van der Waals surface area (Å²) in [5, 5.41) is 3.36. The van der Waals surface area contributed by atoms with Crippen molar-refractivity contribution in [3.8, 4) is 0 Å². The highest BCUT2D eigenvalue weighted by molar-refractivity contribution is 5.16. The van der Waals surface area contributed by atoms with Gasteiger partial charge in [0, 0.05) is 18.6 Å². The van der Waals surface area contributed by atoms with Crippen LogP contribution in [0.4, 0.5) is 13.2 Å². The Kier molecular flexibility index (Phi) is 3.54. The molecule has 1 aromatic rings. The van der Waals surface area contributed by atoms with Crippen LogP contribution in [0.3, 0.4) is 0 Å². The number of nitrogens with one attached hydrogen (secondary N) is 1. The second-order valence-electron chi connectivity index (χ2n) is 5.80. The van der Waals surface area contributed by atoms with E-state index in [1.54, 1.807) is 0 Å². The summed E-state index contributed by atoms with van der Waals surface area (Å²) < 4.78 is 42.9. The number of furan rings is 1. The van der Waals surface area contributed by atoms with Gasteiger partial charge in [-0.05, 0) is 38.3 Å². The van der Waals surface area contributed by atoms with Crippen LogP contribution in [0, 0.1) is 0 Å². The summed E-state index contributed by atoms with van der Waals surface area (Å²) in [5.41, 5.74) is -0.516. The summed E-state index contributed by atoms with van der Waals surface area (Å²) in [6, 6.07) is 1.13. The molecule has 1 aliphatic heterocycles. The van der Waals surface area contributed by atoms with Crippen molar-refractivity contribution < 1.29 is 17.6 Å². The van der Waals surface area contributed by atoms with E-state index < -0.39 is 11.7 Å². The maximum absolute atomic E-state index is 12.6. The Labute approximate surface area is 116 Å². The minimum Gasteiger partial charge on any atom is -0.467 e. The molecule has 3 rings (SSSR count). The molecule has 2 aliphatic rings. The van der Waals surface area contributed by atoms with Crippen LogP contribution in [-0.4, -0.2) is 30.1 Å². The molecular weight excluding hydrogens is 269 g/mol. The smallest absolute Gasteiger partial charge is 0.419 e. The lowest BCUT2D eigenvalue weighted by atomic mass is 9.73. The van der Waals surface area contributed by atoms with Crippen LogP contribution in [-0.2, 0) is 12.7 Å². The minimum absolute atomic E-state index is 0.175. The molecule has 2 fully saturated rings. The van der Waals surface area contributed by atoms with Gasteiger partial charge in [0.05, 0.1) is 12.1 Å². The molecule has 0 bridgehead atoms. The topological polar surface area (TPSA) is 28.4 Å². The van der Waals surface area contributed by atoms with Gasteiger partial charge in [-0.2, -0.15) is 13.2 Å². The van der Waals surface area contributed by atoms with Crippen LogP contribution in [0.2, 0.25) is 0 Å². The Hall–Kier alpha value is -1.01. The fourth-order valence-electron chi connectivity index (χ4n) is 3.25. The van der Waals surface area contributed by atoms with E-state index in [1.165, 1.54) is 6.42 Å². The highest BCUT2D eigenvalue weighted by Gasteiger charge is 2.43. The molecule has 2 heterocycles. The lowest BCUT2D eigenvalue weighted by molar-refractivity contribution is -0.137. The minimum atomic E-state index is -4.32. The summed E-state index contributed by atoms with van der Waals surface area (Å²) in [7, 11) is 0. The van der Waals surface area contributed by atoms with Crippen LogP contribution in [0.15, 0.2) is 16.7 Å². The quantitative estimate of drug-likeness (QED) is 0.907. The van der Waals surface area contributed by atoms with Gasteiger partial charge < -0.3 is 9.73 Å². The second-order valence-corrected chi connectivity index (χ2v) is 5.80. The third-order valence-corrected chi connectivity index (χ3v) is 4.61. The van der Waals surface area contributed by atoms with E-state index in [1.807, 2.05) is 0 Å². The number of nitrogens with zero attached hydrogens (tertiary/aromatic N) is 1. The molecule has 112 valence electrons. The summed E-state index contributed by atoms with van der Waals surface area (Å²) in [4.78, 5) is 2.30. The van der Waals surface area contributed by atoms with Crippen molar-refractivity contribution in [1.82, 2.24) is 10.2 Å². The molecular formula is C14H19F3N2O. The Morgan fingerprint density at radius 1 is 1.25 bits per heavy atom. The van der Waals surface area contributed by atoms with Crippen LogP contribution < -0.4 is 5.32 Å². The molecule has 0 radical (unpaired) electrons. The van der Waals surface area contributed by atoms with Gasteiger partial charge in [0.25, 0.3) is 0 Å². The van der Waals surface area contributed by atoms with Crippen molar-refractivity contribution >= 4 is 0 Å². The lowest BCUT2D eigenvalue weighted by Crippen LogP contribution is -2.53. The van der Waals surface area contributed by atoms with Crippen LogP contribution >= 0.6 is 0 Å². The van der Waals surface area contributed by atoms with Gasteiger partial charge in [-0.25, -0.2) is 0 Å². The summed E-state index contributed by atoms with van der Waals surface area (Å²) in [6.07, 6.45) is 1.06. The fraction of sp³-hybridized carbons (Fsp3) is 0.714. The number of hydrogen-bond acceptors (Lipinski definition) is 3. The van der Waals surface area contributed by atoms with Crippen molar-refractivity contribution in [2.24, 2.45) is 0 Å². The zero-order valence-electron chi connectivity index (χ0n) is 11.3. The zero-order valence-corrected chi connectivity index (χ0v) is 11.3. The molecule has 1 N–H and O–H groups in total. The van der Waals surface area contributed by atoms with Crippen molar-refractivity contribution in [3.63, 3.8) is 0 Å². The SMILES string of the molecule is FC(F)(F)c1coc(CN2CCNCCC23CCC3)c1. The summed E-state index contributed by atoms with van der Waals surface area (Å²) >= 11 is 0. The number of hydrogen-bond donors (Lipinski definition) is 1.